The van der Waals surface area contributed by atoms with E-state index in [0.29, 0.717) is 0 Å². The largest absolute Gasteiger partial charge is 0.384 e. The highest BCUT2D eigenvalue weighted by Crippen LogP contribution is 2.15. The lowest BCUT2D eigenvalue weighted by Gasteiger charge is -2.37. The fraction of sp³-hybridized carbons (Fsp3) is 0.625. The maximum absolute atomic E-state index is 3.50. The molecule has 1 unspecified atom stereocenters. The van der Waals surface area contributed by atoms with Gasteiger partial charge < -0.3 is 5.32 Å². The third kappa shape index (κ3) is 4.76. The first-order valence-electron chi connectivity index (χ1n) is 7.65. The van der Waals surface area contributed by atoms with Crippen LogP contribution in [0.3, 0.4) is 0 Å². The minimum Gasteiger partial charge on any atom is -0.384 e. The van der Waals surface area contributed by atoms with Crippen molar-refractivity contribution >= 4 is 21.6 Å². The molecule has 1 heterocycles. The molecule has 1 N–H and O–H groups in total. The molecule has 1 aliphatic rings. The zero-order valence-electron chi connectivity index (χ0n) is 12.6. The lowest BCUT2D eigenvalue weighted by atomic mass is 10.2. The molecule has 0 amide bonds. The molecule has 4 heteroatoms. The zero-order valence-corrected chi connectivity index (χ0v) is 14.2. The Kier molecular flexibility index (Phi) is 6.33. The van der Waals surface area contributed by atoms with Crippen LogP contribution in [0, 0.1) is 0 Å². The first-order valence-corrected chi connectivity index (χ1v) is 8.44. The number of piperazine rings is 1. The van der Waals surface area contributed by atoms with Crippen molar-refractivity contribution in [1.82, 2.24) is 9.80 Å². The second kappa shape index (κ2) is 8.01. The quantitative estimate of drug-likeness (QED) is 0.857. The van der Waals surface area contributed by atoms with Crippen LogP contribution >= 0.6 is 15.9 Å². The molecule has 1 fully saturated rings. The van der Waals surface area contributed by atoms with Crippen molar-refractivity contribution in [3.05, 3.63) is 28.7 Å². The maximum Gasteiger partial charge on any atom is 0.0351 e. The lowest BCUT2D eigenvalue weighted by molar-refractivity contribution is 0.103. The molecule has 20 heavy (non-hydrogen) atoms. The molecule has 1 aliphatic heterocycles. The number of nitrogens with one attached hydrogen (secondary N) is 1. The molecular weight excluding hydrogens is 314 g/mol. The smallest absolute Gasteiger partial charge is 0.0351 e. The summed E-state index contributed by atoms with van der Waals surface area (Å²) in [6, 6.07) is 9.10. The minimum atomic E-state index is 0.733. The predicted molar refractivity (Wildman–Crippen MR) is 90.4 cm³/mol. The predicted octanol–water partition coefficient (Wildman–Crippen LogP) is 3.28. The number of rotatable bonds is 6. The van der Waals surface area contributed by atoms with Crippen molar-refractivity contribution in [3.63, 3.8) is 0 Å². The van der Waals surface area contributed by atoms with Crippen molar-refractivity contribution in [2.24, 2.45) is 0 Å². The molecule has 0 saturated carbocycles. The van der Waals surface area contributed by atoms with Crippen LogP contribution in [-0.2, 0) is 0 Å². The summed E-state index contributed by atoms with van der Waals surface area (Å²) < 4.78 is 1.13. The van der Waals surface area contributed by atoms with E-state index >= 15 is 0 Å². The molecule has 2 rings (SSSR count). The van der Waals surface area contributed by atoms with Gasteiger partial charge >= 0.3 is 0 Å². The Labute approximate surface area is 131 Å². The monoisotopic (exact) mass is 339 g/mol. The van der Waals surface area contributed by atoms with Crippen molar-refractivity contribution in [3.8, 4) is 0 Å². The summed E-state index contributed by atoms with van der Waals surface area (Å²) >= 11 is 3.50. The van der Waals surface area contributed by atoms with E-state index in [9.17, 15) is 0 Å². The van der Waals surface area contributed by atoms with Gasteiger partial charge in [0.2, 0.25) is 0 Å². The standard InChI is InChI=1S/C16H26BrN3/c1-3-14(2)20-11-9-19(10-12-20)8-7-18-16-6-4-5-15(17)13-16/h4-6,13-14,18H,3,7-12H2,1-2H3. The second-order valence-corrected chi connectivity index (χ2v) is 6.49. The van der Waals surface area contributed by atoms with Gasteiger partial charge in [0.05, 0.1) is 0 Å². The van der Waals surface area contributed by atoms with Crippen LogP contribution in [-0.4, -0.2) is 55.1 Å². The van der Waals surface area contributed by atoms with Gasteiger partial charge in [-0.05, 0) is 31.5 Å². The first-order chi connectivity index (χ1) is 9.69. The van der Waals surface area contributed by atoms with E-state index in [0.717, 1.165) is 23.6 Å². The van der Waals surface area contributed by atoms with Gasteiger partial charge in [-0.3, -0.25) is 9.80 Å². The van der Waals surface area contributed by atoms with Crippen LogP contribution < -0.4 is 5.32 Å². The normalized spacial score (nSPS) is 18.9. The molecular formula is C16H26BrN3. The fourth-order valence-electron chi connectivity index (χ4n) is 2.64. The van der Waals surface area contributed by atoms with Gasteiger partial charge in [0.15, 0.2) is 0 Å². The van der Waals surface area contributed by atoms with Crippen molar-refractivity contribution in [2.75, 3.05) is 44.6 Å². The number of hydrogen-bond acceptors (Lipinski definition) is 3. The van der Waals surface area contributed by atoms with Crippen LogP contribution in [0.25, 0.3) is 0 Å². The molecule has 0 spiro atoms. The summed E-state index contributed by atoms with van der Waals surface area (Å²) in [6.45, 7) is 11.6. The Morgan fingerprint density at radius 3 is 2.65 bits per heavy atom. The summed E-state index contributed by atoms with van der Waals surface area (Å²) in [5.41, 5.74) is 1.19. The summed E-state index contributed by atoms with van der Waals surface area (Å²) in [7, 11) is 0. The van der Waals surface area contributed by atoms with Crippen molar-refractivity contribution in [2.45, 2.75) is 26.3 Å². The second-order valence-electron chi connectivity index (χ2n) is 5.57. The van der Waals surface area contributed by atoms with Gasteiger partial charge in [0.25, 0.3) is 0 Å². The van der Waals surface area contributed by atoms with Crippen LogP contribution in [0.15, 0.2) is 28.7 Å². The number of nitrogens with zero attached hydrogens (tertiary/aromatic N) is 2. The van der Waals surface area contributed by atoms with E-state index in [2.05, 4.69) is 69.2 Å². The maximum atomic E-state index is 3.50. The highest BCUT2D eigenvalue weighted by atomic mass is 79.9. The van der Waals surface area contributed by atoms with Gasteiger partial charge in [0.1, 0.15) is 0 Å². The number of anilines is 1. The Morgan fingerprint density at radius 2 is 2.00 bits per heavy atom. The minimum absolute atomic E-state index is 0.733. The van der Waals surface area contributed by atoms with E-state index < -0.39 is 0 Å². The molecule has 0 radical (unpaired) electrons. The van der Waals surface area contributed by atoms with Gasteiger partial charge in [-0.2, -0.15) is 0 Å². The highest BCUT2D eigenvalue weighted by molar-refractivity contribution is 9.10. The van der Waals surface area contributed by atoms with Crippen LogP contribution in [0.1, 0.15) is 20.3 Å². The van der Waals surface area contributed by atoms with E-state index in [-0.39, 0.29) is 0 Å². The average Bonchev–Trinajstić information content (AvgIpc) is 2.47. The molecule has 0 bridgehead atoms. The van der Waals surface area contributed by atoms with Crippen LogP contribution in [0.5, 0.6) is 0 Å². The lowest BCUT2D eigenvalue weighted by Crippen LogP contribution is -2.50. The third-order valence-electron chi connectivity index (χ3n) is 4.20. The molecule has 0 aromatic heterocycles. The molecule has 0 aliphatic carbocycles. The SMILES string of the molecule is CCC(C)N1CCN(CCNc2cccc(Br)c2)CC1. The number of benzene rings is 1. The Hall–Kier alpha value is -0.580. The number of hydrogen-bond donors (Lipinski definition) is 1. The summed E-state index contributed by atoms with van der Waals surface area (Å²) in [5.74, 6) is 0. The molecule has 1 saturated heterocycles. The van der Waals surface area contributed by atoms with E-state index in [1.165, 1.54) is 38.3 Å². The third-order valence-corrected chi connectivity index (χ3v) is 4.70. The molecule has 112 valence electrons. The summed E-state index contributed by atoms with van der Waals surface area (Å²) in [5, 5.41) is 3.49. The molecule has 3 nitrogen and oxygen atoms in total. The van der Waals surface area contributed by atoms with Gasteiger partial charge in [-0.1, -0.05) is 28.9 Å². The Bertz CT molecular complexity index is 402. The van der Waals surface area contributed by atoms with E-state index in [1.807, 2.05) is 0 Å². The molecule has 1 atom stereocenters. The van der Waals surface area contributed by atoms with Gasteiger partial charge in [-0.15, -0.1) is 0 Å². The summed E-state index contributed by atoms with van der Waals surface area (Å²) in [6.07, 6.45) is 1.25. The van der Waals surface area contributed by atoms with E-state index in [4.69, 9.17) is 0 Å². The average molecular weight is 340 g/mol. The Morgan fingerprint density at radius 1 is 1.25 bits per heavy atom. The topological polar surface area (TPSA) is 18.5 Å². The zero-order chi connectivity index (χ0) is 14.4. The first kappa shape index (κ1) is 15.8. The van der Waals surface area contributed by atoms with Crippen molar-refractivity contribution < 1.29 is 0 Å². The number of halogens is 1. The van der Waals surface area contributed by atoms with Crippen LogP contribution in [0.4, 0.5) is 5.69 Å². The fourth-order valence-corrected chi connectivity index (χ4v) is 3.04. The van der Waals surface area contributed by atoms with Crippen LogP contribution in [0.2, 0.25) is 0 Å². The van der Waals surface area contributed by atoms with Gasteiger partial charge in [-0.25, -0.2) is 0 Å². The van der Waals surface area contributed by atoms with Crippen molar-refractivity contribution in [1.29, 1.82) is 0 Å². The molecule has 1 aromatic rings. The van der Waals surface area contributed by atoms with Gasteiger partial charge in [0, 0.05) is 55.5 Å². The summed E-state index contributed by atoms with van der Waals surface area (Å²) in [4.78, 5) is 5.17. The molecule has 1 aromatic carbocycles. The Balaban J connectivity index is 1.66. The van der Waals surface area contributed by atoms with E-state index in [1.54, 1.807) is 0 Å². The highest BCUT2D eigenvalue weighted by Gasteiger charge is 2.19.